The molecule has 15 heavy (non-hydrogen) atoms. The molecule has 1 aliphatic rings. The third-order valence-electron chi connectivity index (χ3n) is 3.71. The van der Waals surface area contributed by atoms with Gasteiger partial charge in [0.05, 0.1) is 5.54 Å². The van der Waals surface area contributed by atoms with Gasteiger partial charge in [0.25, 0.3) is 0 Å². The highest BCUT2D eigenvalue weighted by Crippen LogP contribution is 2.28. The average molecular weight is 212 g/mol. The van der Waals surface area contributed by atoms with Gasteiger partial charge in [-0.1, -0.05) is 13.8 Å². The molecule has 0 aromatic rings. The quantitative estimate of drug-likeness (QED) is 0.776. The summed E-state index contributed by atoms with van der Waals surface area (Å²) in [5.41, 5.74) is 5.34. The highest BCUT2D eigenvalue weighted by atomic mass is 16.2. The van der Waals surface area contributed by atoms with E-state index in [-0.39, 0.29) is 5.91 Å². The summed E-state index contributed by atoms with van der Waals surface area (Å²) in [5, 5.41) is 0. The predicted molar refractivity (Wildman–Crippen MR) is 62.5 cm³/mol. The van der Waals surface area contributed by atoms with E-state index in [1.54, 1.807) is 0 Å². The zero-order valence-electron chi connectivity index (χ0n) is 10.4. The standard InChI is InChI=1S/C12H24N2O/c1-5-10-8-7-9(3)14(10)11(15)12(4,13)6-2/h9-10H,5-8,13H2,1-4H3. The molecule has 0 saturated carbocycles. The fourth-order valence-electron chi connectivity index (χ4n) is 2.28. The second-order valence-corrected chi connectivity index (χ2v) is 4.97. The predicted octanol–water partition coefficient (Wildman–Crippen LogP) is 1.90. The summed E-state index contributed by atoms with van der Waals surface area (Å²) in [6.45, 7) is 8.08. The maximum atomic E-state index is 12.3. The van der Waals surface area contributed by atoms with Gasteiger partial charge in [-0.25, -0.2) is 0 Å². The van der Waals surface area contributed by atoms with Crippen LogP contribution in [0.25, 0.3) is 0 Å². The number of amides is 1. The minimum Gasteiger partial charge on any atom is -0.335 e. The normalized spacial score (nSPS) is 30.3. The summed E-state index contributed by atoms with van der Waals surface area (Å²) in [4.78, 5) is 14.3. The van der Waals surface area contributed by atoms with Crippen molar-refractivity contribution < 1.29 is 4.79 Å². The zero-order valence-corrected chi connectivity index (χ0v) is 10.4. The lowest BCUT2D eigenvalue weighted by atomic mass is 9.97. The van der Waals surface area contributed by atoms with E-state index in [2.05, 4.69) is 13.8 Å². The SMILES string of the molecule is CCC1CCC(C)N1C(=O)C(C)(N)CC. The van der Waals surface area contributed by atoms with Crippen LogP contribution in [0.3, 0.4) is 0 Å². The molecule has 3 unspecified atom stereocenters. The Kier molecular flexibility index (Phi) is 3.77. The lowest BCUT2D eigenvalue weighted by Crippen LogP contribution is -2.55. The second kappa shape index (κ2) is 4.52. The lowest BCUT2D eigenvalue weighted by molar-refractivity contribution is -0.139. The Bertz CT molecular complexity index is 238. The number of carbonyl (C=O) groups is 1. The van der Waals surface area contributed by atoms with Gasteiger partial charge in [-0.2, -0.15) is 0 Å². The van der Waals surface area contributed by atoms with E-state index in [1.165, 1.54) is 0 Å². The number of nitrogens with two attached hydrogens (primary N) is 1. The highest BCUT2D eigenvalue weighted by molar-refractivity contribution is 5.86. The Balaban J connectivity index is 2.81. The minimum absolute atomic E-state index is 0.127. The van der Waals surface area contributed by atoms with Crippen LogP contribution in [-0.2, 0) is 4.79 Å². The summed E-state index contributed by atoms with van der Waals surface area (Å²) < 4.78 is 0. The monoisotopic (exact) mass is 212 g/mol. The number of carbonyl (C=O) groups excluding carboxylic acids is 1. The van der Waals surface area contributed by atoms with Crippen molar-refractivity contribution >= 4 is 5.91 Å². The minimum atomic E-state index is -0.688. The number of hydrogen-bond donors (Lipinski definition) is 1. The first-order chi connectivity index (χ1) is 6.94. The van der Waals surface area contributed by atoms with Crippen LogP contribution in [0, 0.1) is 0 Å². The Morgan fingerprint density at radius 3 is 2.53 bits per heavy atom. The fraction of sp³-hybridized carbons (Fsp3) is 0.917. The second-order valence-electron chi connectivity index (χ2n) is 4.97. The van der Waals surface area contributed by atoms with Gasteiger partial charge in [-0.05, 0) is 39.5 Å². The molecule has 3 atom stereocenters. The van der Waals surface area contributed by atoms with Crippen LogP contribution >= 0.6 is 0 Å². The van der Waals surface area contributed by atoms with E-state index >= 15 is 0 Å². The Morgan fingerprint density at radius 1 is 1.47 bits per heavy atom. The number of rotatable bonds is 3. The van der Waals surface area contributed by atoms with Gasteiger partial charge in [0, 0.05) is 12.1 Å². The maximum absolute atomic E-state index is 12.3. The Labute approximate surface area is 93.0 Å². The smallest absolute Gasteiger partial charge is 0.242 e. The Hall–Kier alpha value is -0.570. The first-order valence-electron chi connectivity index (χ1n) is 6.05. The van der Waals surface area contributed by atoms with Crippen molar-refractivity contribution in [3.63, 3.8) is 0 Å². The molecule has 0 aliphatic carbocycles. The van der Waals surface area contributed by atoms with Crippen molar-refractivity contribution in [2.24, 2.45) is 5.73 Å². The molecular weight excluding hydrogens is 188 g/mol. The summed E-state index contributed by atoms with van der Waals surface area (Å²) >= 11 is 0. The zero-order chi connectivity index (χ0) is 11.6. The summed E-state index contributed by atoms with van der Waals surface area (Å²) in [5.74, 6) is 0.127. The molecule has 0 radical (unpaired) electrons. The van der Waals surface area contributed by atoms with Crippen LogP contribution < -0.4 is 5.73 Å². The molecule has 1 rings (SSSR count). The van der Waals surface area contributed by atoms with Crippen LogP contribution in [0.15, 0.2) is 0 Å². The molecule has 1 fully saturated rings. The van der Waals surface area contributed by atoms with E-state index in [9.17, 15) is 4.79 Å². The summed E-state index contributed by atoms with van der Waals surface area (Å²) in [6, 6.07) is 0.763. The van der Waals surface area contributed by atoms with E-state index in [0.717, 1.165) is 19.3 Å². The molecule has 1 amide bonds. The third kappa shape index (κ3) is 2.33. The molecule has 0 aromatic carbocycles. The third-order valence-corrected chi connectivity index (χ3v) is 3.71. The fourth-order valence-corrected chi connectivity index (χ4v) is 2.28. The number of likely N-dealkylation sites (tertiary alicyclic amines) is 1. The first kappa shape index (κ1) is 12.5. The van der Waals surface area contributed by atoms with Gasteiger partial charge < -0.3 is 10.6 Å². The molecule has 1 heterocycles. The largest absolute Gasteiger partial charge is 0.335 e. The van der Waals surface area contributed by atoms with Gasteiger partial charge >= 0.3 is 0 Å². The highest BCUT2D eigenvalue weighted by Gasteiger charge is 2.39. The van der Waals surface area contributed by atoms with Crippen molar-refractivity contribution in [3.05, 3.63) is 0 Å². The van der Waals surface area contributed by atoms with Crippen LogP contribution in [0.1, 0.15) is 53.4 Å². The molecule has 3 heteroatoms. The summed E-state index contributed by atoms with van der Waals surface area (Å²) in [7, 11) is 0. The van der Waals surface area contributed by atoms with Crippen LogP contribution in [0.4, 0.5) is 0 Å². The Morgan fingerprint density at radius 2 is 2.07 bits per heavy atom. The average Bonchev–Trinajstić information content (AvgIpc) is 2.58. The van der Waals surface area contributed by atoms with Gasteiger partial charge in [0.2, 0.25) is 5.91 Å². The number of hydrogen-bond acceptors (Lipinski definition) is 2. The molecule has 0 aromatic heterocycles. The van der Waals surface area contributed by atoms with E-state index in [4.69, 9.17) is 5.73 Å². The first-order valence-corrected chi connectivity index (χ1v) is 6.05. The van der Waals surface area contributed by atoms with E-state index in [0.29, 0.717) is 18.5 Å². The molecule has 3 nitrogen and oxygen atoms in total. The molecule has 1 aliphatic heterocycles. The van der Waals surface area contributed by atoms with E-state index < -0.39 is 5.54 Å². The van der Waals surface area contributed by atoms with E-state index in [1.807, 2.05) is 18.7 Å². The molecular formula is C12H24N2O. The number of nitrogens with zero attached hydrogens (tertiary/aromatic N) is 1. The van der Waals surface area contributed by atoms with Crippen LogP contribution in [0.5, 0.6) is 0 Å². The van der Waals surface area contributed by atoms with Crippen molar-refractivity contribution in [1.29, 1.82) is 0 Å². The van der Waals surface area contributed by atoms with Crippen LogP contribution in [-0.4, -0.2) is 28.4 Å². The van der Waals surface area contributed by atoms with Crippen molar-refractivity contribution in [2.45, 2.75) is 71.0 Å². The van der Waals surface area contributed by atoms with Gasteiger partial charge in [-0.3, -0.25) is 4.79 Å². The van der Waals surface area contributed by atoms with Gasteiger partial charge in [-0.15, -0.1) is 0 Å². The lowest BCUT2D eigenvalue weighted by Gasteiger charge is -2.35. The molecule has 88 valence electrons. The topological polar surface area (TPSA) is 46.3 Å². The van der Waals surface area contributed by atoms with Gasteiger partial charge in [0.15, 0.2) is 0 Å². The summed E-state index contributed by atoms with van der Waals surface area (Å²) in [6.07, 6.45) is 3.98. The van der Waals surface area contributed by atoms with Crippen LogP contribution in [0.2, 0.25) is 0 Å². The molecule has 0 spiro atoms. The molecule has 0 bridgehead atoms. The van der Waals surface area contributed by atoms with Crippen molar-refractivity contribution in [3.8, 4) is 0 Å². The van der Waals surface area contributed by atoms with Crippen molar-refractivity contribution in [2.75, 3.05) is 0 Å². The van der Waals surface area contributed by atoms with Gasteiger partial charge in [0.1, 0.15) is 0 Å². The molecule has 1 saturated heterocycles. The van der Waals surface area contributed by atoms with Crippen molar-refractivity contribution in [1.82, 2.24) is 4.90 Å². The molecule has 2 N–H and O–H groups in total. The maximum Gasteiger partial charge on any atom is 0.242 e.